The van der Waals surface area contributed by atoms with Crippen LogP contribution >= 0.6 is 12.6 Å². The Balaban J connectivity index is 2.38. The largest absolute Gasteiger partial charge is 0.460 e. The Kier molecular flexibility index (Phi) is 4.59. The molecule has 16 heavy (non-hydrogen) atoms. The average Bonchev–Trinajstić information content (AvgIpc) is 2.24. The molecule has 0 saturated carbocycles. The summed E-state index contributed by atoms with van der Waals surface area (Å²) in [6, 6.07) is 6.48. The van der Waals surface area contributed by atoms with Crippen LogP contribution in [-0.2, 0) is 9.57 Å². The number of hydrogen-bond acceptors (Lipinski definition) is 6. The van der Waals surface area contributed by atoms with Gasteiger partial charge in [0.15, 0.2) is 0 Å². The normalized spacial score (nSPS) is 9.56. The van der Waals surface area contributed by atoms with Gasteiger partial charge in [0.2, 0.25) is 0 Å². The van der Waals surface area contributed by atoms with Gasteiger partial charge in [-0.15, -0.1) is 22.7 Å². The molecule has 0 spiro atoms. The van der Waals surface area contributed by atoms with Crippen molar-refractivity contribution in [2.75, 3.05) is 13.2 Å². The second-order valence-corrected chi connectivity index (χ2v) is 3.26. The summed E-state index contributed by atoms with van der Waals surface area (Å²) in [7, 11) is 0. The topological polar surface area (TPSA) is 78.7 Å². The number of ether oxygens (including phenoxy) is 1. The Morgan fingerprint density at radius 1 is 1.44 bits per heavy atom. The maximum absolute atomic E-state index is 11.4. The zero-order valence-corrected chi connectivity index (χ0v) is 9.05. The lowest BCUT2D eigenvalue weighted by Crippen LogP contribution is -2.13. The molecule has 0 fully saturated rings. The summed E-state index contributed by atoms with van der Waals surface area (Å²) < 4.78 is 4.73. The highest BCUT2D eigenvalue weighted by atomic mass is 32.1. The van der Waals surface area contributed by atoms with E-state index in [4.69, 9.17) is 4.74 Å². The molecule has 0 aliphatic rings. The van der Waals surface area contributed by atoms with E-state index in [0.717, 1.165) is 0 Å². The predicted molar refractivity (Wildman–Crippen MR) is 56.9 cm³/mol. The van der Waals surface area contributed by atoms with Crippen LogP contribution in [-0.4, -0.2) is 24.3 Å². The minimum atomic E-state index is -0.942. The highest BCUT2D eigenvalue weighted by molar-refractivity contribution is 7.80. The first-order valence-electron chi connectivity index (χ1n) is 4.33. The number of esters is 1. The van der Waals surface area contributed by atoms with Crippen LogP contribution in [0.4, 0.5) is 0 Å². The summed E-state index contributed by atoms with van der Waals surface area (Å²) >= 11 is 4.06. The third-order valence-corrected chi connectivity index (χ3v) is 1.87. The van der Waals surface area contributed by atoms with Crippen LogP contribution in [0.1, 0.15) is 10.4 Å². The molecule has 1 aromatic carbocycles. The van der Waals surface area contributed by atoms with Crippen LogP contribution in [0.5, 0.6) is 0 Å². The Morgan fingerprint density at radius 2 is 2.19 bits per heavy atom. The second-order valence-electron chi connectivity index (χ2n) is 2.74. The lowest BCUT2D eigenvalue weighted by atomic mass is 10.2. The van der Waals surface area contributed by atoms with Crippen LogP contribution in [0, 0.1) is 10.1 Å². The first-order valence-corrected chi connectivity index (χ1v) is 4.78. The average molecular weight is 243 g/mol. The van der Waals surface area contributed by atoms with Crippen molar-refractivity contribution in [1.29, 1.82) is 0 Å². The molecule has 0 atom stereocenters. The fourth-order valence-electron chi connectivity index (χ4n) is 0.962. The molecule has 1 aromatic rings. The lowest BCUT2D eigenvalue weighted by molar-refractivity contribution is -0.757. The van der Waals surface area contributed by atoms with Gasteiger partial charge in [-0.05, 0) is 18.2 Å². The van der Waals surface area contributed by atoms with Gasteiger partial charge in [0.25, 0.3) is 5.09 Å². The molecule has 0 radical (unpaired) electrons. The monoisotopic (exact) mass is 243 g/mol. The molecular weight excluding hydrogens is 234 g/mol. The number of benzene rings is 1. The molecule has 0 amide bonds. The van der Waals surface area contributed by atoms with Crippen molar-refractivity contribution in [3.63, 3.8) is 0 Å². The molecule has 0 aliphatic carbocycles. The van der Waals surface area contributed by atoms with Crippen LogP contribution in [0.15, 0.2) is 29.2 Å². The fourth-order valence-corrected chi connectivity index (χ4v) is 1.19. The first-order chi connectivity index (χ1) is 7.59. The van der Waals surface area contributed by atoms with E-state index in [2.05, 4.69) is 17.5 Å². The second kappa shape index (κ2) is 5.96. The van der Waals surface area contributed by atoms with Crippen molar-refractivity contribution in [2.24, 2.45) is 0 Å². The van der Waals surface area contributed by atoms with E-state index in [-0.39, 0.29) is 13.2 Å². The summed E-state index contributed by atoms with van der Waals surface area (Å²) in [6.07, 6.45) is 0. The summed E-state index contributed by atoms with van der Waals surface area (Å²) in [4.78, 5) is 25.8. The number of rotatable bonds is 5. The molecule has 0 heterocycles. The number of hydrogen-bond donors (Lipinski definition) is 1. The maximum Gasteiger partial charge on any atom is 0.338 e. The standard InChI is InChI=1S/C9H9NO5S/c11-9(14-4-5-15-10(12)13)7-2-1-3-8(16)6-7/h1-3,6,16H,4-5H2. The van der Waals surface area contributed by atoms with Gasteiger partial charge in [0, 0.05) is 4.90 Å². The zero-order chi connectivity index (χ0) is 12.0. The van der Waals surface area contributed by atoms with Gasteiger partial charge in [-0.1, -0.05) is 6.07 Å². The van der Waals surface area contributed by atoms with Crippen LogP contribution in [0.3, 0.4) is 0 Å². The molecule has 0 unspecified atom stereocenters. The zero-order valence-electron chi connectivity index (χ0n) is 8.16. The van der Waals surface area contributed by atoms with Crippen molar-refractivity contribution in [3.8, 4) is 0 Å². The number of carbonyl (C=O) groups is 1. The lowest BCUT2D eigenvalue weighted by Gasteiger charge is -2.04. The molecule has 86 valence electrons. The number of carbonyl (C=O) groups excluding carboxylic acids is 1. The fraction of sp³-hybridized carbons (Fsp3) is 0.222. The molecule has 0 aliphatic heterocycles. The third kappa shape index (κ3) is 4.18. The smallest absolute Gasteiger partial charge is 0.338 e. The Morgan fingerprint density at radius 3 is 2.81 bits per heavy atom. The van der Waals surface area contributed by atoms with E-state index in [1.165, 1.54) is 0 Å². The SMILES string of the molecule is O=C(OCCO[N+](=O)[O-])c1cccc(S)c1. The van der Waals surface area contributed by atoms with Crippen molar-refractivity contribution < 1.29 is 19.5 Å². The summed E-state index contributed by atoms with van der Waals surface area (Å²) in [5.41, 5.74) is 0.341. The highest BCUT2D eigenvalue weighted by Crippen LogP contribution is 2.09. The van der Waals surface area contributed by atoms with Gasteiger partial charge >= 0.3 is 5.97 Å². The van der Waals surface area contributed by atoms with E-state index in [1.54, 1.807) is 24.3 Å². The summed E-state index contributed by atoms with van der Waals surface area (Å²) in [5.74, 6) is -0.567. The molecular formula is C9H9NO5S. The van der Waals surface area contributed by atoms with E-state index in [9.17, 15) is 14.9 Å². The molecule has 7 heteroatoms. The van der Waals surface area contributed by atoms with Gasteiger partial charge in [-0.3, -0.25) is 0 Å². The van der Waals surface area contributed by atoms with Crippen LogP contribution < -0.4 is 0 Å². The van der Waals surface area contributed by atoms with Crippen molar-refractivity contribution in [1.82, 2.24) is 0 Å². The van der Waals surface area contributed by atoms with Crippen molar-refractivity contribution in [3.05, 3.63) is 39.9 Å². The maximum atomic E-state index is 11.4. The third-order valence-electron chi connectivity index (χ3n) is 1.60. The molecule has 0 bridgehead atoms. The number of nitrogens with zero attached hydrogens (tertiary/aromatic N) is 1. The van der Waals surface area contributed by atoms with Crippen molar-refractivity contribution >= 4 is 18.6 Å². The minimum absolute atomic E-state index is 0.170. The quantitative estimate of drug-likeness (QED) is 0.277. The predicted octanol–water partition coefficient (Wildman–Crippen LogP) is 1.34. The van der Waals surface area contributed by atoms with E-state index >= 15 is 0 Å². The van der Waals surface area contributed by atoms with Gasteiger partial charge in [0.05, 0.1) is 5.56 Å². The molecule has 0 saturated heterocycles. The van der Waals surface area contributed by atoms with Crippen molar-refractivity contribution in [2.45, 2.75) is 4.90 Å². The van der Waals surface area contributed by atoms with E-state index in [1.807, 2.05) is 0 Å². The molecule has 6 nitrogen and oxygen atoms in total. The van der Waals surface area contributed by atoms with Crippen LogP contribution in [0.25, 0.3) is 0 Å². The number of thiol groups is 1. The molecule has 0 N–H and O–H groups in total. The Bertz CT molecular complexity index is 395. The van der Waals surface area contributed by atoms with Gasteiger partial charge in [-0.2, -0.15) is 0 Å². The highest BCUT2D eigenvalue weighted by Gasteiger charge is 2.07. The van der Waals surface area contributed by atoms with Gasteiger partial charge < -0.3 is 9.57 Å². The summed E-state index contributed by atoms with van der Waals surface area (Å²) in [5, 5.41) is 8.85. The Hall–Kier alpha value is -1.76. The van der Waals surface area contributed by atoms with E-state index in [0.29, 0.717) is 10.5 Å². The first kappa shape index (κ1) is 12.3. The summed E-state index contributed by atoms with van der Waals surface area (Å²) in [6.45, 7) is -0.448. The molecule has 0 aromatic heterocycles. The van der Waals surface area contributed by atoms with Crippen LogP contribution in [0.2, 0.25) is 0 Å². The molecule has 1 rings (SSSR count). The van der Waals surface area contributed by atoms with Gasteiger partial charge in [0.1, 0.15) is 13.2 Å². The minimum Gasteiger partial charge on any atom is -0.460 e. The van der Waals surface area contributed by atoms with Gasteiger partial charge in [-0.25, -0.2) is 4.79 Å². The Labute approximate surface area is 96.7 Å². The van der Waals surface area contributed by atoms with E-state index < -0.39 is 11.1 Å².